The lowest BCUT2D eigenvalue weighted by Gasteiger charge is -2.37. The SMILES string of the molecule is C[C@@H]1CCCCN1c1ccc2ccccc2c1C(=O)N1CCCC1. The molecule has 0 saturated carbocycles. The standard InChI is InChI=1S/C21H26N2O/c1-16-8-4-5-15-23(16)19-12-11-17-9-2-3-10-18(17)20(19)21(24)22-13-6-7-14-22/h2-3,9-12,16H,4-8,13-15H2,1H3/t16-/m1/s1. The van der Waals surface area contributed by atoms with Crippen molar-refractivity contribution in [2.75, 3.05) is 24.5 Å². The van der Waals surface area contributed by atoms with E-state index in [4.69, 9.17) is 0 Å². The quantitative estimate of drug-likeness (QED) is 0.815. The van der Waals surface area contributed by atoms with Crippen LogP contribution in [0.5, 0.6) is 0 Å². The van der Waals surface area contributed by atoms with Crippen LogP contribution in [0.25, 0.3) is 10.8 Å². The summed E-state index contributed by atoms with van der Waals surface area (Å²) in [7, 11) is 0. The molecule has 2 fully saturated rings. The molecule has 0 spiro atoms. The molecule has 2 aromatic carbocycles. The molecule has 0 radical (unpaired) electrons. The third-order valence-electron chi connectivity index (χ3n) is 5.63. The first-order chi connectivity index (χ1) is 11.8. The zero-order valence-corrected chi connectivity index (χ0v) is 14.5. The van der Waals surface area contributed by atoms with Crippen LogP contribution < -0.4 is 4.90 Å². The molecule has 0 N–H and O–H groups in total. The lowest BCUT2D eigenvalue weighted by Crippen LogP contribution is -2.39. The van der Waals surface area contributed by atoms with Crippen molar-refractivity contribution in [2.45, 2.75) is 45.1 Å². The fourth-order valence-corrected chi connectivity index (χ4v) is 4.26. The fourth-order valence-electron chi connectivity index (χ4n) is 4.26. The van der Waals surface area contributed by atoms with Crippen LogP contribution in [0.15, 0.2) is 36.4 Å². The molecule has 0 aromatic heterocycles. The van der Waals surface area contributed by atoms with Crippen LogP contribution in [0.4, 0.5) is 5.69 Å². The van der Waals surface area contributed by atoms with Gasteiger partial charge in [0.2, 0.25) is 0 Å². The van der Waals surface area contributed by atoms with Gasteiger partial charge in [0.25, 0.3) is 5.91 Å². The molecule has 1 atom stereocenters. The van der Waals surface area contributed by atoms with Gasteiger partial charge in [0, 0.05) is 25.7 Å². The number of carbonyl (C=O) groups is 1. The molecule has 2 aliphatic heterocycles. The van der Waals surface area contributed by atoms with E-state index in [1.54, 1.807) is 0 Å². The Hall–Kier alpha value is -2.03. The van der Waals surface area contributed by atoms with Crippen LogP contribution >= 0.6 is 0 Å². The first kappa shape index (κ1) is 15.5. The maximum Gasteiger partial charge on any atom is 0.256 e. The van der Waals surface area contributed by atoms with Crippen molar-refractivity contribution in [1.82, 2.24) is 4.90 Å². The summed E-state index contributed by atoms with van der Waals surface area (Å²) in [5, 5.41) is 2.26. The molecule has 4 rings (SSSR count). The number of hydrogen-bond acceptors (Lipinski definition) is 2. The Morgan fingerprint density at radius 2 is 1.71 bits per heavy atom. The average molecular weight is 322 g/mol. The van der Waals surface area contributed by atoms with Crippen molar-refractivity contribution >= 4 is 22.4 Å². The molecule has 126 valence electrons. The van der Waals surface area contributed by atoms with Gasteiger partial charge in [-0.25, -0.2) is 0 Å². The Labute approximate surface area is 144 Å². The smallest absolute Gasteiger partial charge is 0.256 e. The number of benzene rings is 2. The van der Waals surface area contributed by atoms with Gasteiger partial charge in [0.15, 0.2) is 0 Å². The number of hydrogen-bond donors (Lipinski definition) is 0. The minimum atomic E-state index is 0.220. The van der Waals surface area contributed by atoms with E-state index in [9.17, 15) is 4.79 Å². The van der Waals surface area contributed by atoms with Gasteiger partial charge >= 0.3 is 0 Å². The summed E-state index contributed by atoms with van der Waals surface area (Å²) in [4.78, 5) is 17.8. The van der Waals surface area contributed by atoms with Crippen molar-refractivity contribution in [3.05, 3.63) is 42.0 Å². The largest absolute Gasteiger partial charge is 0.368 e. The maximum absolute atomic E-state index is 13.3. The number of anilines is 1. The predicted molar refractivity (Wildman–Crippen MR) is 99.7 cm³/mol. The van der Waals surface area contributed by atoms with E-state index in [1.807, 2.05) is 11.0 Å². The highest BCUT2D eigenvalue weighted by molar-refractivity contribution is 6.12. The summed E-state index contributed by atoms with van der Waals surface area (Å²) in [6.45, 7) is 5.15. The minimum Gasteiger partial charge on any atom is -0.368 e. The fraction of sp³-hybridized carbons (Fsp3) is 0.476. The van der Waals surface area contributed by atoms with Crippen LogP contribution in [0.2, 0.25) is 0 Å². The lowest BCUT2D eigenvalue weighted by atomic mass is 9.97. The Balaban J connectivity index is 1.86. The molecule has 0 unspecified atom stereocenters. The van der Waals surface area contributed by atoms with Gasteiger partial charge < -0.3 is 9.80 Å². The lowest BCUT2D eigenvalue weighted by molar-refractivity contribution is 0.0795. The number of rotatable bonds is 2. The van der Waals surface area contributed by atoms with Gasteiger partial charge in [-0.3, -0.25) is 4.79 Å². The van der Waals surface area contributed by atoms with Crippen LogP contribution in [0.1, 0.15) is 49.4 Å². The van der Waals surface area contributed by atoms with Crippen molar-refractivity contribution in [2.24, 2.45) is 0 Å². The van der Waals surface area contributed by atoms with Crippen molar-refractivity contribution in [1.29, 1.82) is 0 Å². The summed E-state index contributed by atoms with van der Waals surface area (Å²) < 4.78 is 0. The molecule has 2 heterocycles. The average Bonchev–Trinajstić information content (AvgIpc) is 3.15. The van der Waals surface area contributed by atoms with E-state index in [0.29, 0.717) is 6.04 Å². The van der Waals surface area contributed by atoms with Crippen LogP contribution in [-0.2, 0) is 0 Å². The minimum absolute atomic E-state index is 0.220. The molecule has 2 saturated heterocycles. The molecular weight excluding hydrogens is 296 g/mol. The van der Waals surface area contributed by atoms with Gasteiger partial charge in [-0.2, -0.15) is 0 Å². The molecular formula is C21H26N2O. The summed E-state index contributed by atoms with van der Waals surface area (Å²) >= 11 is 0. The molecule has 3 nitrogen and oxygen atoms in total. The molecule has 3 heteroatoms. The topological polar surface area (TPSA) is 23.6 Å². The second-order valence-corrected chi connectivity index (χ2v) is 7.22. The Bertz CT molecular complexity index is 749. The highest BCUT2D eigenvalue weighted by Gasteiger charge is 2.28. The third-order valence-corrected chi connectivity index (χ3v) is 5.63. The Kier molecular flexibility index (Phi) is 4.17. The van der Waals surface area contributed by atoms with Gasteiger partial charge in [-0.1, -0.05) is 30.3 Å². The molecule has 0 aliphatic carbocycles. The van der Waals surface area contributed by atoms with Gasteiger partial charge in [0.05, 0.1) is 11.3 Å². The highest BCUT2D eigenvalue weighted by atomic mass is 16.2. The van der Waals surface area contributed by atoms with Crippen LogP contribution in [-0.4, -0.2) is 36.5 Å². The first-order valence-electron chi connectivity index (χ1n) is 9.33. The third kappa shape index (κ3) is 2.66. The van der Waals surface area contributed by atoms with E-state index in [-0.39, 0.29) is 5.91 Å². The van der Waals surface area contributed by atoms with E-state index < -0.39 is 0 Å². The van der Waals surface area contributed by atoms with Gasteiger partial charge in [-0.15, -0.1) is 0 Å². The predicted octanol–water partition coefficient (Wildman–Crippen LogP) is 4.45. The van der Waals surface area contributed by atoms with E-state index in [1.165, 1.54) is 19.3 Å². The molecule has 2 aromatic rings. The number of nitrogens with zero attached hydrogens (tertiary/aromatic N) is 2. The normalized spacial score (nSPS) is 21.5. The van der Waals surface area contributed by atoms with Crippen LogP contribution in [0, 0.1) is 0 Å². The Morgan fingerprint density at radius 1 is 0.958 bits per heavy atom. The Morgan fingerprint density at radius 3 is 2.50 bits per heavy atom. The summed E-state index contributed by atoms with van der Waals surface area (Å²) in [5.74, 6) is 0.220. The first-order valence-corrected chi connectivity index (χ1v) is 9.33. The summed E-state index contributed by atoms with van der Waals surface area (Å²) in [5.41, 5.74) is 2.06. The van der Waals surface area contributed by atoms with Crippen molar-refractivity contribution in [3.8, 4) is 0 Å². The zero-order valence-electron chi connectivity index (χ0n) is 14.5. The molecule has 2 aliphatic rings. The van der Waals surface area contributed by atoms with Gasteiger partial charge in [0.1, 0.15) is 0 Å². The maximum atomic E-state index is 13.3. The number of carbonyl (C=O) groups excluding carboxylic acids is 1. The number of fused-ring (bicyclic) bond motifs is 1. The van der Waals surface area contributed by atoms with Gasteiger partial charge in [-0.05, 0) is 55.9 Å². The van der Waals surface area contributed by atoms with Crippen molar-refractivity contribution in [3.63, 3.8) is 0 Å². The number of piperidine rings is 1. The molecule has 0 bridgehead atoms. The van der Waals surface area contributed by atoms with Crippen molar-refractivity contribution < 1.29 is 4.79 Å². The number of amides is 1. The summed E-state index contributed by atoms with van der Waals surface area (Å²) in [6.07, 6.45) is 5.98. The van der Waals surface area contributed by atoms with E-state index in [2.05, 4.69) is 42.2 Å². The van der Waals surface area contributed by atoms with E-state index in [0.717, 1.165) is 54.5 Å². The summed E-state index contributed by atoms with van der Waals surface area (Å²) in [6, 6.07) is 13.2. The molecule has 1 amide bonds. The number of likely N-dealkylation sites (tertiary alicyclic amines) is 1. The monoisotopic (exact) mass is 322 g/mol. The van der Waals surface area contributed by atoms with Crippen LogP contribution in [0.3, 0.4) is 0 Å². The second kappa shape index (κ2) is 6.46. The highest BCUT2D eigenvalue weighted by Crippen LogP contribution is 2.34. The molecule has 24 heavy (non-hydrogen) atoms. The zero-order chi connectivity index (χ0) is 16.5. The van der Waals surface area contributed by atoms with E-state index >= 15 is 0 Å². The second-order valence-electron chi connectivity index (χ2n) is 7.22.